The molecule has 2 atom stereocenters. The molecule has 3 N–H and O–H groups in total. The van der Waals surface area contributed by atoms with Gasteiger partial charge in [0.25, 0.3) is 17.7 Å². The van der Waals surface area contributed by atoms with Crippen LogP contribution >= 0.6 is 0 Å². The van der Waals surface area contributed by atoms with Crippen molar-refractivity contribution in [1.29, 1.82) is 0 Å². The number of rotatable bonds is 7. The molecule has 4 rings (SSSR count). The Bertz CT molecular complexity index is 1270. The van der Waals surface area contributed by atoms with Crippen molar-refractivity contribution in [3.8, 4) is 0 Å². The van der Waals surface area contributed by atoms with E-state index in [1.807, 2.05) is 0 Å². The maximum Gasteiger partial charge on any atom is 0.303 e. The minimum Gasteiger partial charge on any atom is -0.449 e. The number of esters is 1. The molecule has 2 aromatic carbocycles. The Morgan fingerprint density at radius 3 is 2.49 bits per heavy atom. The number of morpholine rings is 2. The zero-order valence-electron chi connectivity index (χ0n) is 21.2. The van der Waals surface area contributed by atoms with Crippen LogP contribution in [0.1, 0.15) is 22.8 Å². The van der Waals surface area contributed by atoms with E-state index >= 15 is 0 Å². The Kier molecular flexibility index (Phi) is 8.84. The van der Waals surface area contributed by atoms with E-state index in [-0.39, 0.29) is 42.2 Å². The molecule has 3 amide bonds. The van der Waals surface area contributed by atoms with E-state index in [9.17, 15) is 28.0 Å². The first-order valence-electron chi connectivity index (χ1n) is 12.3. The molecule has 2 aliphatic heterocycles. The van der Waals surface area contributed by atoms with Crippen LogP contribution in [0.5, 0.6) is 0 Å². The summed E-state index contributed by atoms with van der Waals surface area (Å²) >= 11 is 0. The van der Waals surface area contributed by atoms with Gasteiger partial charge in [0.2, 0.25) is 6.10 Å². The molecule has 208 valence electrons. The lowest BCUT2D eigenvalue weighted by molar-refractivity contribution is -0.167. The van der Waals surface area contributed by atoms with Crippen LogP contribution in [-0.4, -0.2) is 80.3 Å². The average Bonchev–Trinajstić information content (AvgIpc) is 2.92. The number of nitrogens with zero attached hydrogens (tertiary/aromatic N) is 2. The molecule has 2 aromatic rings. The van der Waals surface area contributed by atoms with Crippen LogP contribution in [0, 0.1) is 11.6 Å². The van der Waals surface area contributed by atoms with Gasteiger partial charge in [-0.05, 0) is 30.3 Å². The number of hydrogen-bond donors (Lipinski definition) is 2. The van der Waals surface area contributed by atoms with Crippen LogP contribution in [-0.2, 0) is 35.1 Å². The molecule has 39 heavy (non-hydrogen) atoms. The van der Waals surface area contributed by atoms with E-state index in [4.69, 9.17) is 19.9 Å². The Balaban J connectivity index is 1.56. The normalized spacial score (nSPS) is 18.5. The van der Waals surface area contributed by atoms with Gasteiger partial charge in [-0.1, -0.05) is 6.07 Å². The molecule has 2 heterocycles. The third kappa shape index (κ3) is 6.38. The van der Waals surface area contributed by atoms with Crippen LogP contribution < -0.4 is 16.0 Å². The quantitative estimate of drug-likeness (QED) is 0.494. The van der Waals surface area contributed by atoms with Gasteiger partial charge in [-0.2, -0.15) is 0 Å². The molecule has 0 bridgehead atoms. The Morgan fingerprint density at radius 2 is 1.82 bits per heavy atom. The Hall–Kier alpha value is -3.94. The molecule has 2 fully saturated rings. The van der Waals surface area contributed by atoms with Crippen molar-refractivity contribution in [1.82, 2.24) is 4.90 Å². The van der Waals surface area contributed by atoms with Crippen LogP contribution in [0.2, 0.25) is 0 Å². The second-order valence-corrected chi connectivity index (χ2v) is 8.88. The molecule has 11 nitrogen and oxygen atoms in total. The molecule has 2 saturated heterocycles. The highest BCUT2D eigenvalue weighted by Gasteiger charge is 2.43. The summed E-state index contributed by atoms with van der Waals surface area (Å²) < 4.78 is 44.7. The summed E-state index contributed by atoms with van der Waals surface area (Å²) in [5, 5.41) is 2.42. The predicted molar refractivity (Wildman–Crippen MR) is 134 cm³/mol. The summed E-state index contributed by atoms with van der Waals surface area (Å²) in [6.07, 6.45) is -3.27. The van der Waals surface area contributed by atoms with Crippen molar-refractivity contribution in [3.05, 3.63) is 59.2 Å². The summed E-state index contributed by atoms with van der Waals surface area (Å²) in [7, 11) is 0. The van der Waals surface area contributed by atoms with Gasteiger partial charge in [0.1, 0.15) is 11.6 Å². The second-order valence-electron chi connectivity index (χ2n) is 8.88. The Morgan fingerprint density at radius 1 is 1.08 bits per heavy atom. The zero-order chi connectivity index (χ0) is 28.1. The molecule has 2 aliphatic rings. The van der Waals surface area contributed by atoms with E-state index < -0.39 is 47.5 Å². The van der Waals surface area contributed by atoms with E-state index in [1.165, 1.54) is 34.1 Å². The van der Waals surface area contributed by atoms with Crippen molar-refractivity contribution in [2.45, 2.75) is 25.7 Å². The summed E-state index contributed by atoms with van der Waals surface area (Å²) in [6, 6.07) is 7.52. The van der Waals surface area contributed by atoms with E-state index in [1.54, 1.807) is 0 Å². The van der Waals surface area contributed by atoms with Gasteiger partial charge >= 0.3 is 5.97 Å². The number of halogens is 2. The number of carbonyl (C=O) groups is 4. The zero-order valence-corrected chi connectivity index (χ0v) is 21.2. The average molecular weight is 547 g/mol. The van der Waals surface area contributed by atoms with Crippen LogP contribution in [0.4, 0.5) is 20.2 Å². The SMILES string of the molecule is CC(=O)O[C@@H](C(=O)Nc1ccc(CN)c(F)c1)[C@H]1OCCN(c2ccc(F)c(C(=O)N3CCOCC3)c2)C1=O. The van der Waals surface area contributed by atoms with Crippen molar-refractivity contribution < 1.29 is 42.2 Å². The minimum atomic E-state index is -1.72. The molecule has 0 radical (unpaired) electrons. The predicted octanol–water partition coefficient (Wildman–Crippen LogP) is 1.20. The van der Waals surface area contributed by atoms with Gasteiger partial charge in [-0.15, -0.1) is 0 Å². The van der Waals surface area contributed by atoms with Crippen molar-refractivity contribution in [2.24, 2.45) is 5.73 Å². The lowest BCUT2D eigenvalue weighted by Crippen LogP contribution is -2.56. The number of benzene rings is 2. The highest BCUT2D eigenvalue weighted by atomic mass is 19.1. The monoisotopic (exact) mass is 546 g/mol. The third-order valence-electron chi connectivity index (χ3n) is 6.28. The molecular weight excluding hydrogens is 518 g/mol. The summed E-state index contributed by atoms with van der Waals surface area (Å²) in [5.41, 5.74) is 5.73. The maximum atomic E-state index is 14.6. The van der Waals surface area contributed by atoms with Crippen LogP contribution in [0.15, 0.2) is 36.4 Å². The molecule has 0 aromatic heterocycles. The smallest absolute Gasteiger partial charge is 0.303 e. The third-order valence-corrected chi connectivity index (χ3v) is 6.28. The first-order chi connectivity index (χ1) is 18.7. The fraction of sp³-hybridized carbons (Fsp3) is 0.385. The van der Waals surface area contributed by atoms with E-state index in [0.29, 0.717) is 26.3 Å². The van der Waals surface area contributed by atoms with Gasteiger partial charge in [-0.25, -0.2) is 8.78 Å². The minimum absolute atomic E-state index is 0.0341. The summed E-state index contributed by atoms with van der Waals surface area (Å²) in [5.74, 6) is -4.46. The largest absolute Gasteiger partial charge is 0.449 e. The van der Waals surface area contributed by atoms with Gasteiger partial charge in [0, 0.05) is 50.0 Å². The fourth-order valence-corrected chi connectivity index (χ4v) is 4.30. The number of carbonyl (C=O) groups excluding carboxylic acids is 4. The first kappa shape index (κ1) is 28.1. The first-order valence-corrected chi connectivity index (χ1v) is 12.3. The van der Waals surface area contributed by atoms with Gasteiger partial charge in [0.15, 0.2) is 6.10 Å². The number of anilines is 2. The fourth-order valence-electron chi connectivity index (χ4n) is 4.30. The maximum absolute atomic E-state index is 14.6. The number of ether oxygens (including phenoxy) is 3. The van der Waals surface area contributed by atoms with Crippen LogP contribution in [0.3, 0.4) is 0 Å². The standard InChI is InChI=1S/C26H28F2N4O7/c1-15(33)39-22(24(34)30-17-3-2-16(14-29)21(28)12-17)23-26(36)32(8-11-38-23)18-4-5-20(27)19(13-18)25(35)31-6-9-37-10-7-31/h2-5,12-13,22-23H,6-11,14,29H2,1H3,(H,30,34)/t22-,23-/m1/s1. The van der Waals surface area contributed by atoms with E-state index in [0.717, 1.165) is 19.1 Å². The summed E-state index contributed by atoms with van der Waals surface area (Å²) in [6.45, 7) is 2.28. The molecule has 0 aliphatic carbocycles. The number of amides is 3. The highest BCUT2D eigenvalue weighted by molar-refractivity contribution is 6.05. The topological polar surface area (TPSA) is 140 Å². The number of hydrogen-bond acceptors (Lipinski definition) is 8. The summed E-state index contributed by atoms with van der Waals surface area (Å²) in [4.78, 5) is 53.9. The number of nitrogens with one attached hydrogen (secondary N) is 1. The van der Waals surface area contributed by atoms with Crippen LogP contribution in [0.25, 0.3) is 0 Å². The highest BCUT2D eigenvalue weighted by Crippen LogP contribution is 2.26. The van der Waals surface area contributed by atoms with Crippen molar-refractivity contribution in [2.75, 3.05) is 49.7 Å². The molecular formula is C26H28F2N4O7. The van der Waals surface area contributed by atoms with Gasteiger partial charge < -0.3 is 35.1 Å². The number of nitrogens with two attached hydrogens (primary N) is 1. The van der Waals surface area contributed by atoms with Gasteiger partial charge in [0.05, 0.1) is 25.4 Å². The molecule has 0 unspecified atom stereocenters. The lowest BCUT2D eigenvalue weighted by atomic mass is 10.1. The van der Waals surface area contributed by atoms with Crippen molar-refractivity contribution >= 4 is 35.1 Å². The Labute approximate surface area is 222 Å². The van der Waals surface area contributed by atoms with Crippen molar-refractivity contribution in [3.63, 3.8) is 0 Å². The molecule has 13 heteroatoms. The second kappa shape index (κ2) is 12.3. The molecule has 0 saturated carbocycles. The van der Waals surface area contributed by atoms with E-state index in [2.05, 4.69) is 5.32 Å². The molecule has 0 spiro atoms. The van der Waals surface area contributed by atoms with Gasteiger partial charge in [-0.3, -0.25) is 19.2 Å². The lowest BCUT2D eigenvalue weighted by Gasteiger charge is -2.35.